The zero-order valence-electron chi connectivity index (χ0n) is 17.7. The van der Waals surface area contributed by atoms with Gasteiger partial charge in [-0.25, -0.2) is 0 Å². The van der Waals surface area contributed by atoms with Gasteiger partial charge >= 0.3 is 0 Å². The monoisotopic (exact) mass is 418 g/mol. The Bertz CT molecular complexity index is 966. The molecule has 3 atom stereocenters. The second-order valence-electron chi connectivity index (χ2n) is 8.97. The molecule has 2 amide bonds. The Kier molecular flexibility index (Phi) is 5.74. The molecule has 31 heavy (non-hydrogen) atoms. The third kappa shape index (κ3) is 4.65. The molecule has 5 rings (SSSR count). The van der Waals surface area contributed by atoms with Crippen molar-refractivity contribution in [2.75, 3.05) is 25.0 Å². The molecule has 1 saturated heterocycles. The smallest absolute Gasteiger partial charge is 0.251 e. The number of hydrogen-bond acceptors (Lipinski definition) is 4. The molecule has 0 spiro atoms. The van der Waals surface area contributed by atoms with E-state index in [2.05, 4.69) is 33.4 Å². The molecule has 2 fully saturated rings. The number of hydrogen-bond donors (Lipinski definition) is 4. The average Bonchev–Trinajstić information content (AvgIpc) is 3.44. The number of anilines is 1. The number of nitrogens with one attached hydrogen (secondary N) is 4. The van der Waals surface area contributed by atoms with Gasteiger partial charge in [-0.2, -0.15) is 0 Å². The lowest BCUT2D eigenvalue weighted by Gasteiger charge is -2.18. The van der Waals surface area contributed by atoms with Crippen LogP contribution in [0.5, 0.6) is 0 Å². The normalized spacial score (nSPS) is 24.3. The second-order valence-corrected chi connectivity index (χ2v) is 8.97. The highest BCUT2D eigenvalue weighted by Crippen LogP contribution is 2.48. The predicted octanol–water partition coefficient (Wildman–Crippen LogP) is 2.56. The quantitative estimate of drug-likeness (QED) is 0.581. The number of carbonyl (C=O) groups is 2. The fourth-order valence-corrected chi connectivity index (χ4v) is 4.77. The van der Waals surface area contributed by atoms with Crippen molar-refractivity contribution in [2.24, 2.45) is 5.92 Å². The molecule has 1 saturated carbocycles. The van der Waals surface area contributed by atoms with Crippen LogP contribution >= 0.6 is 0 Å². The highest BCUT2D eigenvalue weighted by Gasteiger charge is 2.44. The molecule has 0 radical (unpaired) electrons. The Morgan fingerprint density at radius 3 is 2.71 bits per heavy atom. The summed E-state index contributed by atoms with van der Waals surface area (Å²) < 4.78 is 0. The largest absolute Gasteiger partial charge is 0.350 e. The van der Waals surface area contributed by atoms with Crippen molar-refractivity contribution in [2.45, 2.75) is 44.2 Å². The molecule has 4 N–H and O–H groups in total. The summed E-state index contributed by atoms with van der Waals surface area (Å²) in [6.07, 6.45) is 4.16. The highest BCUT2D eigenvalue weighted by molar-refractivity contribution is 5.96. The van der Waals surface area contributed by atoms with Crippen molar-refractivity contribution in [1.82, 2.24) is 16.0 Å². The van der Waals surface area contributed by atoms with Crippen LogP contribution in [0.2, 0.25) is 0 Å². The second kappa shape index (κ2) is 8.81. The molecule has 2 aromatic carbocycles. The molecular weight excluding hydrogens is 388 g/mol. The summed E-state index contributed by atoms with van der Waals surface area (Å²) in [7, 11) is 0. The van der Waals surface area contributed by atoms with Crippen molar-refractivity contribution in [3.63, 3.8) is 0 Å². The molecule has 3 aliphatic rings. The van der Waals surface area contributed by atoms with Gasteiger partial charge in [-0.3, -0.25) is 9.59 Å². The van der Waals surface area contributed by atoms with E-state index in [4.69, 9.17) is 0 Å². The van der Waals surface area contributed by atoms with E-state index in [9.17, 15) is 9.59 Å². The molecule has 3 unspecified atom stereocenters. The third-order valence-electron chi connectivity index (χ3n) is 6.76. The van der Waals surface area contributed by atoms with Crippen LogP contribution in [0.15, 0.2) is 42.5 Å². The maximum absolute atomic E-state index is 12.7. The van der Waals surface area contributed by atoms with Gasteiger partial charge in [0, 0.05) is 36.3 Å². The first-order valence-electron chi connectivity index (χ1n) is 11.4. The van der Waals surface area contributed by atoms with Gasteiger partial charge < -0.3 is 21.3 Å². The van der Waals surface area contributed by atoms with E-state index in [-0.39, 0.29) is 23.7 Å². The van der Waals surface area contributed by atoms with Gasteiger partial charge in [0.25, 0.3) is 5.91 Å². The molecule has 2 aromatic rings. The summed E-state index contributed by atoms with van der Waals surface area (Å²) in [5, 5.41) is 12.9. The predicted molar refractivity (Wildman–Crippen MR) is 121 cm³/mol. The SMILES string of the molecule is O=C(NCC1CCCN1)c1ccc(C2CC2C(=O)Nc2ccc3c(c2)CCNC3)cc1. The van der Waals surface area contributed by atoms with Crippen molar-refractivity contribution >= 4 is 17.5 Å². The standard InChI is InChI=1S/C25H30N4O2/c30-24(28-15-21-2-1-10-27-21)17-5-3-16(4-6-17)22-13-23(22)25(31)29-20-8-7-19-14-26-11-9-18(19)12-20/h3-8,12,21-23,26-27H,1-2,9-11,13-15H2,(H,28,30)(H,29,31). The first kappa shape index (κ1) is 20.2. The summed E-state index contributed by atoms with van der Waals surface area (Å²) >= 11 is 0. The number of carbonyl (C=O) groups excluding carboxylic acids is 2. The molecule has 2 aliphatic heterocycles. The van der Waals surface area contributed by atoms with Gasteiger partial charge in [0.2, 0.25) is 5.91 Å². The molecule has 162 valence electrons. The van der Waals surface area contributed by atoms with Crippen molar-refractivity contribution in [3.8, 4) is 0 Å². The Balaban J connectivity index is 1.14. The van der Waals surface area contributed by atoms with E-state index in [0.29, 0.717) is 18.2 Å². The Morgan fingerprint density at radius 1 is 1.03 bits per heavy atom. The van der Waals surface area contributed by atoms with Gasteiger partial charge in [0.15, 0.2) is 0 Å². The lowest BCUT2D eigenvalue weighted by Crippen LogP contribution is -2.37. The summed E-state index contributed by atoms with van der Waals surface area (Å²) in [5.74, 6) is 0.296. The van der Waals surface area contributed by atoms with Gasteiger partial charge in [0.1, 0.15) is 0 Å². The van der Waals surface area contributed by atoms with E-state index in [0.717, 1.165) is 50.1 Å². The minimum atomic E-state index is -0.0343. The van der Waals surface area contributed by atoms with E-state index >= 15 is 0 Å². The van der Waals surface area contributed by atoms with E-state index in [1.165, 1.54) is 17.5 Å². The Morgan fingerprint density at radius 2 is 1.90 bits per heavy atom. The van der Waals surface area contributed by atoms with Crippen LogP contribution in [0.3, 0.4) is 0 Å². The molecule has 6 nitrogen and oxygen atoms in total. The van der Waals surface area contributed by atoms with Crippen LogP contribution in [-0.4, -0.2) is 37.5 Å². The number of rotatable bonds is 6. The topological polar surface area (TPSA) is 82.3 Å². The van der Waals surface area contributed by atoms with Crippen LogP contribution in [-0.2, 0) is 17.8 Å². The number of amides is 2. The van der Waals surface area contributed by atoms with E-state index in [1.54, 1.807) is 0 Å². The van der Waals surface area contributed by atoms with Gasteiger partial charge in [-0.15, -0.1) is 0 Å². The Hall–Kier alpha value is -2.70. The summed E-state index contributed by atoms with van der Waals surface area (Å²) in [5.41, 5.74) is 5.33. The Labute approximate surface area is 183 Å². The van der Waals surface area contributed by atoms with Crippen molar-refractivity contribution < 1.29 is 9.59 Å². The first-order chi connectivity index (χ1) is 15.2. The van der Waals surface area contributed by atoms with Crippen LogP contribution in [0.25, 0.3) is 0 Å². The van der Waals surface area contributed by atoms with E-state index in [1.807, 2.05) is 30.3 Å². The zero-order chi connectivity index (χ0) is 21.2. The maximum atomic E-state index is 12.7. The lowest BCUT2D eigenvalue weighted by atomic mass is 10.0. The molecule has 0 aromatic heterocycles. The number of benzene rings is 2. The minimum Gasteiger partial charge on any atom is -0.350 e. The maximum Gasteiger partial charge on any atom is 0.251 e. The molecule has 6 heteroatoms. The minimum absolute atomic E-state index is 0.00539. The summed E-state index contributed by atoms with van der Waals surface area (Å²) in [4.78, 5) is 25.1. The molecule has 0 bridgehead atoms. The highest BCUT2D eigenvalue weighted by atomic mass is 16.2. The van der Waals surface area contributed by atoms with Gasteiger partial charge in [-0.1, -0.05) is 18.2 Å². The van der Waals surface area contributed by atoms with Crippen molar-refractivity contribution in [3.05, 3.63) is 64.7 Å². The lowest BCUT2D eigenvalue weighted by molar-refractivity contribution is -0.117. The molecule has 1 aliphatic carbocycles. The summed E-state index contributed by atoms with van der Waals surface area (Å²) in [6, 6.07) is 14.3. The van der Waals surface area contributed by atoms with Crippen LogP contribution in [0, 0.1) is 5.92 Å². The van der Waals surface area contributed by atoms with Gasteiger partial charge in [-0.05, 0) is 85.6 Å². The van der Waals surface area contributed by atoms with Crippen LogP contribution in [0.4, 0.5) is 5.69 Å². The van der Waals surface area contributed by atoms with Crippen LogP contribution in [0.1, 0.15) is 52.2 Å². The summed E-state index contributed by atoms with van der Waals surface area (Å²) in [6.45, 7) is 3.60. The molecule has 2 heterocycles. The van der Waals surface area contributed by atoms with Crippen LogP contribution < -0.4 is 21.3 Å². The average molecular weight is 419 g/mol. The van der Waals surface area contributed by atoms with Crippen molar-refractivity contribution in [1.29, 1.82) is 0 Å². The third-order valence-corrected chi connectivity index (χ3v) is 6.76. The molecular formula is C25H30N4O2. The fraction of sp³-hybridized carbons (Fsp3) is 0.440. The van der Waals surface area contributed by atoms with E-state index < -0.39 is 0 Å². The zero-order valence-corrected chi connectivity index (χ0v) is 17.7. The fourth-order valence-electron chi connectivity index (χ4n) is 4.77. The first-order valence-corrected chi connectivity index (χ1v) is 11.4. The van der Waals surface area contributed by atoms with Gasteiger partial charge in [0.05, 0.1) is 0 Å². The number of fused-ring (bicyclic) bond motifs is 1.